The fourth-order valence-corrected chi connectivity index (χ4v) is 2.53. The van der Waals surface area contributed by atoms with Gasteiger partial charge in [-0.25, -0.2) is 8.42 Å². The molecule has 0 amide bonds. The number of rotatable bonds is 4. The molecule has 0 saturated carbocycles. The van der Waals surface area contributed by atoms with Crippen LogP contribution in [0.25, 0.3) is 0 Å². The van der Waals surface area contributed by atoms with E-state index in [9.17, 15) is 8.42 Å². The molecule has 1 aliphatic rings. The first-order valence-electron chi connectivity index (χ1n) is 4.61. The molecule has 0 aromatic carbocycles. The smallest absolute Gasteiger partial charge is 0.148 e. The molecule has 0 aliphatic carbocycles. The van der Waals surface area contributed by atoms with Crippen molar-refractivity contribution in [3.05, 3.63) is 0 Å². The minimum atomic E-state index is -2.89. The SMILES string of the molecule is CS(=O)(=O)CCN1CCCC1C(N)=S. The van der Waals surface area contributed by atoms with E-state index in [1.807, 2.05) is 0 Å². The molecule has 1 atom stereocenters. The molecule has 1 aliphatic heterocycles. The second-order valence-corrected chi connectivity index (χ2v) is 6.46. The normalized spacial score (nSPS) is 23.9. The molecule has 1 unspecified atom stereocenters. The van der Waals surface area contributed by atoms with Crippen LogP contribution in [0.15, 0.2) is 0 Å². The Kier molecular flexibility index (Phi) is 3.86. The Bertz CT molecular complexity index is 313. The third-order valence-electron chi connectivity index (χ3n) is 2.44. The van der Waals surface area contributed by atoms with Crippen LogP contribution in [-0.4, -0.2) is 49.4 Å². The first kappa shape index (κ1) is 11.9. The summed E-state index contributed by atoms with van der Waals surface area (Å²) in [6, 6.07) is 0.103. The first-order chi connectivity index (χ1) is 6.40. The Morgan fingerprint density at radius 1 is 1.64 bits per heavy atom. The van der Waals surface area contributed by atoms with Crippen LogP contribution in [-0.2, 0) is 9.84 Å². The molecule has 82 valence electrons. The summed E-state index contributed by atoms with van der Waals surface area (Å²) < 4.78 is 21.9. The molecule has 4 nitrogen and oxygen atoms in total. The van der Waals surface area contributed by atoms with E-state index in [1.54, 1.807) is 0 Å². The Balaban J connectivity index is 2.48. The summed E-state index contributed by atoms with van der Waals surface area (Å²) in [6.45, 7) is 1.44. The van der Waals surface area contributed by atoms with Crippen molar-refractivity contribution >= 4 is 27.0 Å². The van der Waals surface area contributed by atoms with E-state index in [0.29, 0.717) is 11.5 Å². The van der Waals surface area contributed by atoms with Gasteiger partial charge in [0.15, 0.2) is 0 Å². The maximum Gasteiger partial charge on any atom is 0.148 e. The van der Waals surface area contributed by atoms with E-state index in [-0.39, 0.29) is 11.8 Å². The lowest BCUT2D eigenvalue weighted by Gasteiger charge is -2.22. The number of likely N-dealkylation sites (tertiary alicyclic amines) is 1. The Labute approximate surface area is 90.4 Å². The van der Waals surface area contributed by atoms with Crippen molar-refractivity contribution in [2.45, 2.75) is 18.9 Å². The molecule has 0 spiro atoms. The van der Waals surface area contributed by atoms with Crippen LogP contribution < -0.4 is 5.73 Å². The van der Waals surface area contributed by atoms with Gasteiger partial charge in [-0.2, -0.15) is 0 Å². The predicted molar refractivity (Wildman–Crippen MR) is 61.1 cm³/mol. The maximum atomic E-state index is 11.0. The summed E-state index contributed by atoms with van der Waals surface area (Å²) in [5.74, 6) is 0.187. The molecule has 14 heavy (non-hydrogen) atoms. The van der Waals surface area contributed by atoms with Gasteiger partial charge in [0.05, 0.1) is 16.8 Å². The second-order valence-electron chi connectivity index (χ2n) is 3.73. The van der Waals surface area contributed by atoms with E-state index in [2.05, 4.69) is 4.90 Å². The van der Waals surface area contributed by atoms with Gasteiger partial charge in [0.1, 0.15) is 9.84 Å². The molecule has 1 fully saturated rings. The van der Waals surface area contributed by atoms with Crippen molar-refractivity contribution in [2.24, 2.45) is 5.73 Å². The summed E-state index contributed by atoms with van der Waals surface area (Å²) in [4.78, 5) is 2.54. The number of hydrogen-bond donors (Lipinski definition) is 1. The second kappa shape index (κ2) is 4.55. The summed E-state index contributed by atoms with van der Waals surface area (Å²) in [6.07, 6.45) is 3.25. The van der Waals surface area contributed by atoms with Crippen LogP contribution in [0.1, 0.15) is 12.8 Å². The minimum absolute atomic E-state index is 0.103. The van der Waals surface area contributed by atoms with Gasteiger partial charge in [-0.05, 0) is 19.4 Å². The van der Waals surface area contributed by atoms with Gasteiger partial charge in [-0.15, -0.1) is 0 Å². The van der Waals surface area contributed by atoms with Gasteiger partial charge < -0.3 is 5.73 Å². The average molecular weight is 236 g/mol. The molecular weight excluding hydrogens is 220 g/mol. The number of hydrogen-bond acceptors (Lipinski definition) is 4. The van der Waals surface area contributed by atoms with Crippen molar-refractivity contribution < 1.29 is 8.42 Å². The van der Waals surface area contributed by atoms with E-state index in [4.69, 9.17) is 18.0 Å². The van der Waals surface area contributed by atoms with E-state index in [0.717, 1.165) is 19.4 Å². The zero-order chi connectivity index (χ0) is 10.8. The molecule has 1 heterocycles. The lowest BCUT2D eigenvalue weighted by Crippen LogP contribution is -2.41. The largest absolute Gasteiger partial charge is 0.392 e. The highest BCUT2D eigenvalue weighted by molar-refractivity contribution is 7.90. The highest BCUT2D eigenvalue weighted by Crippen LogP contribution is 2.16. The topological polar surface area (TPSA) is 63.4 Å². The van der Waals surface area contributed by atoms with Gasteiger partial charge in [0.2, 0.25) is 0 Å². The standard InChI is InChI=1S/C8H16N2O2S2/c1-14(11,12)6-5-10-4-2-3-7(10)8(9)13/h7H,2-6H2,1H3,(H2,9,13). The van der Waals surface area contributed by atoms with Crippen LogP contribution in [0.3, 0.4) is 0 Å². The van der Waals surface area contributed by atoms with Gasteiger partial charge >= 0.3 is 0 Å². The Morgan fingerprint density at radius 3 is 2.79 bits per heavy atom. The van der Waals surface area contributed by atoms with Crippen molar-refractivity contribution in [1.82, 2.24) is 4.90 Å². The zero-order valence-corrected chi connectivity index (χ0v) is 9.90. The van der Waals surface area contributed by atoms with E-state index in [1.165, 1.54) is 6.26 Å². The van der Waals surface area contributed by atoms with Gasteiger partial charge in [-0.3, -0.25) is 4.90 Å². The Morgan fingerprint density at radius 2 is 2.29 bits per heavy atom. The molecule has 1 saturated heterocycles. The van der Waals surface area contributed by atoms with Crippen molar-refractivity contribution in [3.8, 4) is 0 Å². The summed E-state index contributed by atoms with van der Waals surface area (Å²) in [7, 11) is -2.89. The molecule has 0 aromatic heterocycles. The molecule has 0 radical (unpaired) electrons. The van der Waals surface area contributed by atoms with E-state index >= 15 is 0 Å². The summed E-state index contributed by atoms with van der Waals surface area (Å²) in [5.41, 5.74) is 5.57. The quantitative estimate of drug-likeness (QED) is 0.684. The monoisotopic (exact) mass is 236 g/mol. The van der Waals surface area contributed by atoms with Crippen LogP contribution in [0.5, 0.6) is 0 Å². The Hall–Kier alpha value is -0.200. The summed E-state index contributed by atoms with van der Waals surface area (Å²) in [5, 5.41) is 0. The lowest BCUT2D eigenvalue weighted by atomic mass is 10.2. The van der Waals surface area contributed by atoms with Crippen LogP contribution in [0, 0.1) is 0 Å². The first-order valence-corrected chi connectivity index (χ1v) is 7.08. The molecular formula is C8H16N2O2S2. The van der Waals surface area contributed by atoms with Crippen molar-refractivity contribution in [2.75, 3.05) is 25.1 Å². The van der Waals surface area contributed by atoms with Crippen molar-refractivity contribution in [3.63, 3.8) is 0 Å². The number of thiocarbonyl (C=S) groups is 1. The fraction of sp³-hybridized carbons (Fsp3) is 0.875. The van der Waals surface area contributed by atoms with Gasteiger partial charge in [-0.1, -0.05) is 12.2 Å². The highest BCUT2D eigenvalue weighted by Gasteiger charge is 2.26. The van der Waals surface area contributed by atoms with Gasteiger partial charge in [0.25, 0.3) is 0 Å². The molecule has 2 N–H and O–H groups in total. The molecule has 1 rings (SSSR count). The third-order valence-corrected chi connectivity index (χ3v) is 3.64. The molecule has 0 aromatic rings. The maximum absolute atomic E-state index is 11.0. The minimum Gasteiger partial charge on any atom is -0.392 e. The van der Waals surface area contributed by atoms with Crippen LogP contribution in [0.2, 0.25) is 0 Å². The number of sulfone groups is 1. The summed E-state index contributed by atoms with van der Waals surface area (Å²) >= 11 is 4.93. The zero-order valence-electron chi connectivity index (χ0n) is 8.27. The van der Waals surface area contributed by atoms with Crippen LogP contribution >= 0.6 is 12.2 Å². The predicted octanol–water partition coefficient (Wildman–Crippen LogP) is -0.218. The fourth-order valence-electron chi connectivity index (χ4n) is 1.70. The van der Waals surface area contributed by atoms with E-state index < -0.39 is 9.84 Å². The number of nitrogens with two attached hydrogens (primary N) is 1. The highest BCUT2D eigenvalue weighted by atomic mass is 32.2. The molecule has 0 bridgehead atoms. The van der Waals surface area contributed by atoms with Crippen LogP contribution in [0.4, 0.5) is 0 Å². The average Bonchev–Trinajstić information content (AvgIpc) is 2.46. The van der Waals surface area contributed by atoms with Crippen molar-refractivity contribution in [1.29, 1.82) is 0 Å². The lowest BCUT2D eigenvalue weighted by molar-refractivity contribution is 0.321. The third kappa shape index (κ3) is 3.51. The van der Waals surface area contributed by atoms with Gasteiger partial charge in [0, 0.05) is 12.8 Å². The number of nitrogens with zero attached hydrogens (tertiary/aromatic N) is 1. The molecule has 6 heteroatoms.